The van der Waals surface area contributed by atoms with Gasteiger partial charge in [-0.05, 0) is 53.1 Å². The standard InChI is InChI=1S/C15H30N2O3/c1-12(10-15(2,16-3)14(18)19-5)17(4)11-13-6-8-20-9-7-13/h12-13,16H,6-11H2,1-5H3. The number of hydrogen-bond donors (Lipinski definition) is 1. The van der Waals surface area contributed by atoms with Crippen LogP contribution in [-0.2, 0) is 14.3 Å². The van der Waals surface area contributed by atoms with Crippen LogP contribution in [0.4, 0.5) is 0 Å². The third-order valence-corrected chi connectivity index (χ3v) is 4.53. The van der Waals surface area contributed by atoms with Crippen molar-refractivity contribution in [1.29, 1.82) is 0 Å². The second-order valence-corrected chi connectivity index (χ2v) is 6.12. The quantitative estimate of drug-likeness (QED) is 0.714. The Kier molecular flexibility index (Phi) is 6.92. The van der Waals surface area contributed by atoms with Crippen LogP contribution in [0.2, 0.25) is 0 Å². The summed E-state index contributed by atoms with van der Waals surface area (Å²) < 4.78 is 10.3. The van der Waals surface area contributed by atoms with Crippen LogP contribution >= 0.6 is 0 Å². The fourth-order valence-corrected chi connectivity index (χ4v) is 2.78. The van der Waals surface area contributed by atoms with E-state index in [-0.39, 0.29) is 5.97 Å². The van der Waals surface area contributed by atoms with Gasteiger partial charge in [0.25, 0.3) is 0 Å². The first-order valence-electron chi connectivity index (χ1n) is 7.48. The molecule has 118 valence electrons. The molecule has 0 aromatic carbocycles. The molecule has 0 bridgehead atoms. The van der Waals surface area contributed by atoms with E-state index < -0.39 is 5.54 Å². The molecule has 0 aliphatic carbocycles. The maximum Gasteiger partial charge on any atom is 0.325 e. The zero-order valence-corrected chi connectivity index (χ0v) is 13.6. The van der Waals surface area contributed by atoms with Gasteiger partial charge >= 0.3 is 5.97 Å². The maximum atomic E-state index is 11.9. The number of likely N-dealkylation sites (N-methyl/N-ethyl adjacent to an activating group) is 1. The number of nitrogens with one attached hydrogen (secondary N) is 1. The molecular weight excluding hydrogens is 256 g/mol. The van der Waals surface area contributed by atoms with Gasteiger partial charge in [0.05, 0.1) is 7.11 Å². The van der Waals surface area contributed by atoms with Gasteiger partial charge < -0.3 is 19.7 Å². The predicted molar refractivity (Wildman–Crippen MR) is 79.7 cm³/mol. The van der Waals surface area contributed by atoms with Crippen molar-refractivity contribution < 1.29 is 14.3 Å². The number of carbonyl (C=O) groups excluding carboxylic acids is 1. The third kappa shape index (κ3) is 4.72. The van der Waals surface area contributed by atoms with E-state index in [0.29, 0.717) is 12.0 Å². The monoisotopic (exact) mass is 286 g/mol. The van der Waals surface area contributed by atoms with Crippen LogP contribution < -0.4 is 5.32 Å². The van der Waals surface area contributed by atoms with Crippen molar-refractivity contribution in [3.05, 3.63) is 0 Å². The molecule has 1 heterocycles. The summed E-state index contributed by atoms with van der Waals surface area (Å²) in [6.45, 7) is 6.88. The summed E-state index contributed by atoms with van der Waals surface area (Å²) in [5.74, 6) is 0.501. The minimum atomic E-state index is -0.627. The first-order chi connectivity index (χ1) is 9.42. The molecule has 1 rings (SSSR count). The number of esters is 1. The lowest BCUT2D eigenvalue weighted by atomic mass is 9.92. The summed E-state index contributed by atoms with van der Waals surface area (Å²) in [5.41, 5.74) is -0.627. The number of rotatable bonds is 7. The van der Waals surface area contributed by atoms with E-state index in [0.717, 1.165) is 39.0 Å². The highest BCUT2D eigenvalue weighted by Gasteiger charge is 2.35. The summed E-state index contributed by atoms with van der Waals surface area (Å²) in [6.07, 6.45) is 3.00. The van der Waals surface area contributed by atoms with E-state index in [1.807, 2.05) is 14.0 Å². The Morgan fingerprint density at radius 3 is 2.60 bits per heavy atom. The number of carbonyl (C=O) groups is 1. The SMILES string of the molecule is CNC(C)(CC(C)N(C)CC1CCOCC1)C(=O)OC. The van der Waals surface area contributed by atoms with Gasteiger partial charge in [-0.15, -0.1) is 0 Å². The van der Waals surface area contributed by atoms with E-state index in [9.17, 15) is 4.79 Å². The lowest BCUT2D eigenvalue weighted by Crippen LogP contribution is -2.52. The Bertz CT molecular complexity index is 305. The minimum Gasteiger partial charge on any atom is -0.468 e. The van der Waals surface area contributed by atoms with Crippen molar-refractivity contribution in [2.24, 2.45) is 5.92 Å². The van der Waals surface area contributed by atoms with E-state index in [4.69, 9.17) is 9.47 Å². The second kappa shape index (κ2) is 7.96. The summed E-state index contributed by atoms with van der Waals surface area (Å²) in [6, 6.07) is 0.314. The number of methoxy groups -OCH3 is 1. The molecule has 0 aromatic heterocycles. The fraction of sp³-hybridized carbons (Fsp3) is 0.933. The summed E-state index contributed by atoms with van der Waals surface area (Å²) >= 11 is 0. The Morgan fingerprint density at radius 1 is 1.50 bits per heavy atom. The third-order valence-electron chi connectivity index (χ3n) is 4.53. The highest BCUT2D eigenvalue weighted by Crippen LogP contribution is 2.20. The second-order valence-electron chi connectivity index (χ2n) is 6.12. The predicted octanol–water partition coefficient (Wildman–Crippen LogP) is 1.27. The highest BCUT2D eigenvalue weighted by molar-refractivity contribution is 5.80. The van der Waals surface area contributed by atoms with E-state index >= 15 is 0 Å². The molecular formula is C15H30N2O3. The zero-order valence-electron chi connectivity index (χ0n) is 13.6. The molecule has 1 aliphatic heterocycles. The molecule has 0 spiro atoms. The number of ether oxygens (including phenoxy) is 2. The van der Waals surface area contributed by atoms with Gasteiger partial charge in [0.15, 0.2) is 0 Å². The van der Waals surface area contributed by atoms with Gasteiger partial charge in [0.2, 0.25) is 0 Å². The van der Waals surface area contributed by atoms with Crippen LogP contribution in [0.15, 0.2) is 0 Å². The van der Waals surface area contributed by atoms with Crippen molar-refractivity contribution >= 4 is 5.97 Å². The fourth-order valence-electron chi connectivity index (χ4n) is 2.78. The van der Waals surface area contributed by atoms with Crippen molar-refractivity contribution in [2.75, 3.05) is 41.0 Å². The van der Waals surface area contributed by atoms with Gasteiger partial charge in [-0.25, -0.2) is 0 Å². The van der Waals surface area contributed by atoms with Gasteiger partial charge in [-0.1, -0.05) is 0 Å². The molecule has 1 fully saturated rings. The first-order valence-corrected chi connectivity index (χ1v) is 7.48. The molecule has 5 heteroatoms. The molecule has 0 amide bonds. The Hall–Kier alpha value is -0.650. The zero-order chi connectivity index (χ0) is 15.2. The molecule has 2 unspecified atom stereocenters. The largest absolute Gasteiger partial charge is 0.468 e. The molecule has 20 heavy (non-hydrogen) atoms. The van der Waals surface area contributed by atoms with Crippen molar-refractivity contribution in [2.45, 2.75) is 44.7 Å². The topological polar surface area (TPSA) is 50.8 Å². The first kappa shape index (κ1) is 17.4. The summed E-state index contributed by atoms with van der Waals surface area (Å²) in [4.78, 5) is 14.2. The van der Waals surface area contributed by atoms with E-state index in [2.05, 4.69) is 24.2 Å². The lowest BCUT2D eigenvalue weighted by molar-refractivity contribution is -0.148. The Morgan fingerprint density at radius 2 is 2.10 bits per heavy atom. The van der Waals surface area contributed by atoms with Crippen LogP contribution in [0.1, 0.15) is 33.1 Å². The number of nitrogens with zero attached hydrogens (tertiary/aromatic N) is 1. The summed E-state index contributed by atoms with van der Waals surface area (Å²) in [5, 5.41) is 3.10. The van der Waals surface area contributed by atoms with Crippen LogP contribution in [0.3, 0.4) is 0 Å². The van der Waals surface area contributed by atoms with Gasteiger partial charge in [0, 0.05) is 25.8 Å². The highest BCUT2D eigenvalue weighted by atomic mass is 16.5. The van der Waals surface area contributed by atoms with Crippen LogP contribution in [0.5, 0.6) is 0 Å². The van der Waals surface area contributed by atoms with E-state index in [1.54, 1.807) is 0 Å². The van der Waals surface area contributed by atoms with Crippen LogP contribution in [0, 0.1) is 5.92 Å². The maximum absolute atomic E-state index is 11.9. The van der Waals surface area contributed by atoms with Crippen LogP contribution in [0.25, 0.3) is 0 Å². The number of hydrogen-bond acceptors (Lipinski definition) is 5. The summed E-state index contributed by atoms with van der Waals surface area (Å²) in [7, 11) is 5.38. The van der Waals surface area contributed by atoms with Gasteiger partial charge in [0.1, 0.15) is 5.54 Å². The molecule has 0 aromatic rings. The van der Waals surface area contributed by atoms with Crippen molar-refractivity contribution in [1.82, 2.24) is 10.2 Å². The molecule has 5 nitrogen and oxygen atoms in total. The normalized spacial score (nSPS) is 21.5. The van der Waals surface area contributed by atoms with Crippen molar-refractivity contribution in [3.8, 4) is 0 Å². The molecule has 2 atom stereocenters. The average molecular weight is 286 g/mol. The van der Waals surface area contributed by atoms with Crippen molar-refractivity contribution in [3.63, 3.8) is 0 Å². The Labute approximate surface area is 123 Å². The van der Waals surface area contributed by atoms with E-state index in [1.165, 1.54) is 7.11 Å². The Balaban J connectivity index is 2.50. The molecule has 1 N–H and O–H groups in total. The molecule has 1 aliphatic rings. The van der Waals surface area contributed by atoms with Gasteiger partial charge in [-0.2, -0.15) is 0 Å². The molecule has 0 saturated carbocycles. The minimum absolute atomic E-state index is 0.202. The molecule has 1 saturated heterocycles. The smallest absolute Gasteiger partial charge is 0.325 e. The lowest BCUT2D eigenvalue weighted by Gasteiger charge is -2.35. The van der Waals surface area contributed by atoms with Gasteiger partial charge in [-0.3, -0.25) is 4.79 Å². The average Bonchev–Trinajstić information content (AvgIpc) is 2.47. The molecule has 0 radical (unpaired) electrons. The van der Waals surface area contributed by atoms with Crippen LogP contribution in [-0.4, -0.2) is 63.4 Å².